The number of hydrogen-bond acceptors (Lipinski definition) is 8. The number of fused-ring (bicyclic) bond motifs is 1. The topological polar surface area (TPSA) is 83.1 Å². The van der Waals surface area contributed by atoms with Gasteiger partial charge in [0.2, 0.25) is 5.91 Å². The predicted molar refractivity (Wildman–Crippen MR) is 154 cm³/mol. The molecule has 2 saturated heterocycles. The van der Waals surface area contributed by atoms with Crippen LogP contribution in [-0.2, 0) is 19.6 Å². The first-order valence-electron chi connectivity index (χ1n) is 13.0. The predicted octanol–water partition coefficient (Wildman–Crippen LogP) is 4.78. The molecule has 0 spiro atoms. The molecule has 0 bridgehead atoms. The van der Waals surface area contributed by atoms with Crippen molar-refractivity contribution in [3.8, 4) is 0 Å². The first-order chi connectivity index (χ1) is 18.2. The van der Waals surface area contributed by atoms with Crippen LogP contribution in [0, 0.1) is 19.8 Å². The van der Waals surface area contributed by atoms with Gasteiger partial charge in [0, 0.05) is 39.3 Å². The highest BCUT2D eigenvalue weighted by Gasteiger charge is 2.36. The fourth-order valence-electron chi connectivity index (χ4n) is 5.01. The number of halogens is 1. The Morgan fingerprint density at radius 2 is 1.92 bits per heavy atom. The lowest BCUT2D eigenvalue weighted by molar-refractivity contribution is -0.123. The third-order valence-electron chi connectivity index (χ3n) is 7.33. The molecule has 0 N–H and O–H groups in total. The van der Waals surface area contributed by atoms with Crippen molar-refractivity contribution in [2.45, 2.75) is 37.3 Å². The third kappa shape index (κ3) is 6.09. The number of anilines is 1. The molecule has 1 amide bonds. The minimum absolute atomic E-state index is 0.0522. The molecule has 0 aliphatic carbocycles. The second-order valence-electron chi connectivity index (χ2n) is 9.96. The van der Waals surface area contributed by atoms with Crippen LogP contribution in [0.1, 0.15) is 30.4 Å². The number of sulfonamides is 1. The molecule has 2 aromatic heterocycles. The Bertz CT molecular complexity index is 1360. The molecular weight excluding hydrogens is 564 g/mol. The van der Waals surface area contributed by atoms with Crippen molar-refractivity contribution < 1.29 is 17.9 Å². The Morgan fingerprint density at radius 1 is 1.16 bits per heavy atom. The molecule has 8 nitrogen and oxygen atoms in total. The van der Waals surface area contributed by atoms with Crippen LogP contribution >= 0.6 is 34.3 Å². The number of morpholine rings is 1. The number of aryl methyl sites for hydroxylation is 2. The fourth-order valence-corrected chi connectivity index (χ4v) is 9.24. The van der Waals surface area contributed by atoms with Gasteiger partial charge in [0.1, 0.15) is 4.21 Å². The second kappa shape index (κ2) is 11.9. The number of benzene rings is 1. The molecule has 0 saturated carbocycles. The lowest BCUT2D eigenvalue weighted by atomic mass is 9.98. The van der Waals surface area contributed by atoms with Crippen molar-refractivity contribution in [3.63, 3.8) is 0 Å². The lowest BCUT2D eigenvalue weighted by Gasteiger charge is -2.34. The summed E-state index contributed by atoms with van der Waals surface area (Å²) in [7, 11) is -3.69. The number of amides is 1. The number of thiazole rings is 1. The summed E-state index contributed by atoms with van der Waals surface area (Å²) in [6.07, 6.45) is 2.09. The van der Waals surface area contributed by atoms with Crippen LogP contribution in [0.2, 0.25) is 4.34 Å². The molecule has 1 atom stereocenters. The summed E-state index contributed by atoms with van der Waals surface area (Å²) in [6, 6.07) is 7.33. The number of piperidine rings is 1. The largest absolute Gasteiger partial charge is 0.379 e. The average molecular weight is 597 g/mol. The summed E-state index contributed by atoms with van der Waals surface area (Å²) >= 11 is 8.59. The van der Waals surface area contributed by atoms with E-state index in [1.807, 2.05) is 0 Å². The summed E-state index contributed by atoms with van der Waals surface area (Å²) in [5.74, 6) is -0.476. The highest BCUT2D eigenvalue weighted by Crippen LogP contribution is 2.34. The van der Waals surface area contributed by atoms with E-state index in [1.165, 1.54) is 32.8 Å². The number of nitrogens with zero attached hydrogens (tertiary/aromatic N) is 4. The number of ether oxygens (including phenoxy) is 1. The number of thiophene rings is 1. The van der Waals surface area contributed by atoms with Gasteiger partial charge in [0.15, 0.2) is 5.13 Å². The molecule has 3 aromatic rings. The maximum absolute atomic E-state index is 14.0. The number of carbonyl (C=O) groups excluding carboxylic acids is 1. The van der Waals surface area contributed by atoms with Gasteiger partial charge in [-0.1, -0.05) is 22.9 Å². The van der Waals surface area contributed by atoms with Crippen LogP contribution in [0.4, 0.5) is 5.13 Å². The number of hydrogen-bond donors (Lipinski definition) is 0. The van der Waals surface area contributed by atoms with E-state index in [1.54, 1.807) is 11.0 Å². The van der Waals surface area contributed by atoms with Gasteiger partial charge in [-0.15, -0.1) is 11.3 Å². The van der Waals surface area contributed by atoms with Crippen molar-refractivity contribution in [1.82, 2.24) is 14.2 Å². The highest BCUT2D eigenvalue weighted by atomic mass is 35.5. The SMILES string of the molecule is Cc1cc2nc(N(CCCN3CCOCC3)C(=O)C3CCCN(S(=O)(=O)c4ccc(Cl)s4)C3)sc2cc1C. The molecule has 1 aromatic carbocycles. The summed E-state index contributed by atoms with van der Waals surface area (Å²) in [4.78, 5) is 23.0. The van der Waals surface area contributed by atoms with Gasteiger partial charge in [0.05, 0.1) is 33.7 Å². The van der Waals surface area contributed by atoms with Gasteiger partial charge in [-0.3, -0.25) is 14.6 Å². The van der Waals surface area contributed by atoms with E-state index in [2.05, 4.69) is 30.9 Å². The molecular formula is C26H33ClN4O4S3. The second-order valence-corrected chi connectivity index (χ2v) is 14.8. The van der Waals surface area contributed by atoms with E-state index in [0.29, 0.717) is 35.4 Å². The van der Waals surface area contributed by atoms with Crippen LogP contribution in [0.3, 0.4) is 0 Å². The van der Waals surface area contributed by atoms with Crippen LogP contribution in [0.25, 0.3) is 10.2 Å². The number of rotatable bonds is 8. The molecule has 38 heavy (non-hydrogen) atoms. The molecule has 206 valence electrons. The van der Waals surface area contributed by atoms with E-state index in [-0.39, 0.29) is 16.7 Å². The summed E-state index contributed by atoms with van der Waals surface area (Å²) in [6.45, 7) is 9.40. The molecule has 0 radical (unpaired) electrons. The summed E-state index contributed by atoms with van der Waals surface area (Å²) in [5, 5.41) is 0.682. The monoisotopic (exact) mass is 596 g/mol. The Balaban J connectivity index is 1.37. The van der Waals surface area contributed by atoms with Crippen LogP contribution in [0.15, 0.2) is 28.5 Å². The average Bonchev–Trinajstić information content (AvgIpc) is 3.53. The van der Waals surface area contributed by atoms with Gasteiger partial charge in [-0.2, -0.15) is 4.31 Å². The van der Waals surface area contributed by atoms with E-state index in [9.17, 15) is 13.2 Å². The van der Waals surface area contributed by atoms with E-state index in [0.717, 1.165) is 60.8 Å². The molecule has 1 unspecified atom stereocenters. The van der Waals surface area contributed by atoms with Crippen molar-refractivity contribution in [1.29, 1.82) is 0 Å². The van der Waals surface area contributed by atoms with E-state index >= 15 is 0 Å². The number of aromatic nitrogens is 1. The van der Waals surface area contributed by atoms with E-state index < -0.39 is 15.9 Å². The Kier molecular flexibility index (Phi) is 8.73. The smallest absolute Gasteiger partial charge is 0.252 e. The van der Waals surface area contributed by atoms with Crippen molar-refractivity contribution in [2.24, 2.45) is 5.92 Å². The lowest BCUT2D eigenvalue weighted by Crippen LogP contribution is -2.47. The molecule has 2 aliphatic heterocycles. The van der Waals surface area contributed by atoms with Crippen LogP contribution in [0.5, 0.6) is 0 Å². The van der Waals surface area contributed by atoms with Crippen LogP contribution in [-0.4, -0.2) is 81.0 Å². The number of carbonyl (C=O) groups is 1. The normalized spacial score (nSPS) is 19.7. The fraction of sp³-hybridized carbons (Fsp3) is 0.538. The first kappa shape index (κ1) is 27.9. The first-order valence-corrected chi connectivity index (χ1v) is 16.4. The molecule has 12 heteroatoms. The minimum atomic E-state index is -3.69. The minimum Gasteiger partial charge on any atom is -0.379 e. The third-order valence-corrected chi connectivity index (χ3v) is 11.9. The van der Waals surface area contributed by atoms with Gasteiger partial charge in [-0.05, 0) is 68.5 Å². The molecule has 5 rings (SSSR count). The van der Waals surface area contributed by atoms with Gasteiger partial charge in [-0.25, -0.2) is 13.4 Å². The zero-order valence-corrected chi connectivity index (χ0v) is 24.9. The Morgan fingerprint density at radius 3 is 2.66 bits per heavy atom. The maximum atomic E-state index is 14.0. The van der Waals surface area contributed by atoms with Crippen molar-refractivity contribution >= 4 is 65.6 Å². The molecule has 2 aliphatic rings. The highest BCUT2D eigenvalue weighted by molar-refractivity contribution is 7.91. The van der Waals surface area contributed by atoms with Crippen molar-refractivity contribution in [2.75, 3.05) is 57.4 Å². The van der Waals surface area contributed by atoms with Gasteiger partial charge < -0.3 is 4.74 Å². The quantitative estimate of drug-likeness (QED) is 0.372. The van der Waals surface area contributed by atoms with E-state index in [4.69, 9.17) is 21.3 Å². The molecule has 2 fully saturated rings. The Hall–Kier alpha value is -1.60. The summed E-state index contributed by atoms with van der Waals surface area (Å²) < 4.78 is 35.1. The zero-order chi connectivity index (χ0) is 26.9. The standard InChI is InChI=1S/C26H33ClN4O4S3/c1-18-15-21-22(16-19(18)2)36-26(28-21)31(10-4-8-29-11-13-35-14-12-29)25(32)20-5-3-9-30(17-20)38(33,34)24-7-6-23(27)37-24/h6-7,15-16,20H,3-5,8-14,17H2,1-2H3. The van der Waals surface area contributed by atoms with Gasteiger partial charge in [0.25, 0.3) is 10.0 Å². The maximum Gasteiger partial charge on any atom is 0.252 e. The molecule has 4 heterocycles. The van der Waals surface area contributed by atoms with Crippen molar-refractivity contribution in [3.05, 3.63) is 39.7 Å². The van der Waals surface area contributed by atoms with Crippen LogP contribution < -0.4 is 4.90 Å². The zero-order valence-electron chi connectivity index (χ0n) is 21.7. The van der Waals surface area contributed by atoms with Gasteiger partial charge >= 0.3 is 0 Å². The summed E-state index contributed by atoms with van der Waals surface area (Å²) in [5.41, 5.74) is 3.25. The Labute approximate surface area is 237 Å².